The maximum Gasteiger partial charge on any atom is 0.332 e. The minimum atomic E-state index is -0.478. The molecule has 0 aliphatic rings. The molecular weight excluding hydrogens is 552 g/mol. The van der Waals surface area contributed by atoms with Gasteiger partial charge in [-0.15, -0.1) is 0 Å². The van der Waals surface area contributed by atoms with Gasteiger partial charge in [-0.05, 0) is 47.5 Å². The summed E-state index contributed by atoms with van der Waals surface area (Å²) >= 11 is 0. The molecule has 7 nitrogen and oxygen atoms in total. The minimum absolute atomic E-state index is 0.285. The van der Waals surface area contributed by atoms with Gasteiger partial charge in [-0.3, -0.25) is 0 Å². The molecule has 222 valence electrons. The van der Waals surface area contributed by atoms with Gasteiger partial charge in [-0.2, -0.15) is 0 Å². The number of hydrogen-bond donors (Lipinski definition) is 2. The standard InChI is InChI=1S/C32H34B2F2N2O5/c1-39-21-31(37-29-7-3-5-27(35)17-29)42-33-25-13-9-23(10-14-25)19-41-20-24-11-15-26(16-12-24)34-43-32(22-40-2)38-30-8-4-6-28(36)18-30/h3-18,31-32,37-38H,19-22H2,1-2H3. The normalized spacial score (nSPS) is 12.4. The van der Waals surface area contributed by atoms with Crippen molar-refractivity contribution in [2.45, 2.75) is 25.7 Å². The van der Waals surface area contributed by atoms with E-state index >= 15 is 0 Å². The van der Waals surface area contributed by atoms with Crippen LogP contribution in [0.4, 0.5) is 20.2 Å². The average molecular weight is 586 g/mol. The molecule has 0 spiro atoms. The summed E-state index contributed by atoms with van der Waals surface area (Å²) in [6.45, 7) is 1.48. The van der Waals surface area contributed by atoms with E-state index in [9.17, 15) is 8.78 Å². The topological polar surface area (TPSA) is 70.2 Å². The van der Waals surface area contributed by atoms with E-state index in [-0.39, 0.29) is 24.8 Å². The van der Waals surface area contributed by atoms with Crippen LogP contribution in [0.2, 0.25) is 0 Å². The molecule has 0 aromatic heterocycles. The van der Waals surface area contributed by atoms with Gasteiger partial charge in [0.2, 0.25) is 0 Å². The van der Waals surface area contributed by atoms with Gasteiger partial charge in [0.05, 0.1) is 26.4 Å². The third-order valence-electron chi connectivity index (χ3n) is 6.17. The van der Waals surface area contributed by atoms with Crippen LogP contribution in [0.5, 0.6) is 0 Å². The Hall–Kier alpha value is -3.73. The van der Waals surface area contributed by atoms with Gasteiger partial charge in [-0.1, -0.05) is 71.6 Å². The molecule has 2 N–H and O–H groups in total. The number of anilines is 2. The summed E-state index contributed by atoms with van der Waals surface area (Å²) in [7, 11) is 6.43. The van der Waals surface area contributed by atoms with E-state index in [1.807, 2.05) is 48.5 Å². The van der Waals surface area contributed by atoms with Crippen LogP contribution in [0, 0.1) is 11.6 Å². The minimum Gasteiger partial charge on any atom is -0.414 e. The van der Waals surface area contributed by atoms with Crippen LogP contribution in [0.1, 0.15) is 11.1 Å². The highest BCUT2D eigenvalue weighted by molar-refractivity contribution is 6.47. The highest BCUT2D eigenvalue weighted by atomic mass is 19.1. The van der Waals surface area contributed by atoms with E-state index in [1.54, 1.807) is 53.4 Å². The Morgan fingerprint density at radius 3 is 1.40 bits per heavy atom. The Morgan fingerprint density at radius 1 is 0.605 bits per heavy atom. The number of benzene rings is 4. The van der Waals surface area contributed by atoms with Gasteiger partial charge in [0.15, 0.2) is 0 Å². The first-order valence-electron chi connectivity index (χ1n) is 13.8. The third-order valence-corrected chi connectivity index (χ3v) is 6.17. The molecule has 0 saturated heterocycles. The molecular formula is C32H34B2F2N2O5. The first-order chi connectivity index (χ1) is 21.0. The van der Waals surface area contributed by atoms with Gasteiger partial charge >= 0.3 is 15.0 Å². The lowest BCUT2D eigenvalue weighted by Gasteiger charge is -2.20. The summed E-state index contributed by atoms with van der Waals surface area (Å²) in [6.07, 6.45) is -0.955. The van der Waals surface area contributed by atoms with Crippen molar-refractivity contribution in [2.75, 3.05) is 38.1 Å². The van der Waals surface area contributed by atoms with Gasteiger partial charge in [0, 0.05) is 25.6 Å². The van der Waals surface area contributed by atoms with Crippen molar-refractivity contribution in [1.29, 1.82) is 0 Å². The number of methoxy groups -OCH3 is 2. The van der Waals surface area contributed by atoms with E-state index < -0.39 is 12.5 Å². The molecule has 4 aromatic carbocycles. The maximum absolute atomic E-state index is 13.5. The maximum atomic E-state index is 13.5. The second-order valence-electron chi connectivity index (χ2n) is 9.68. The van der Waals surface area contributed by atoms with Crippen molar-refractivity contribution in [3.8, 4) is 0 Å². The predicted molar refractivity (Wildman–Crippen MR) is 166 cm³/mol. The van der Waals surface area contributed by atoms with Crippen LogP contribution in [0.3, 0.4) is 0 Å². The van der Waals surface area contributed by atoms with Crippen LogP contribution in [0.15, 0.2) is 97.1 Å². The predicted octanol–water partition coefficient (Wildman–Crippen LogP) is 4.37. The van der Waals surface area contributed by atoms with Crippen molar-refractivity contribution < 1.29 is 32.3 Å². The quantitative estimate of drug-likeness (QED) is 0.133. The first kappa shape index (κ1) is 32.2. The molecule has 43 heavy (non-hydrogen) atoms. The van der Waals surface area contributed by atoms with Gasteiger partial charge in [0.1, 0.15) is 24.1 Å². The fraction of sp³-hybridized carbons (Fsp3) is 0.250. The Bertz CT molecular complexity index is 1280. The molecule has 4 aromatic rings. The number of nitrogens with one attached hydrogen (secondary N) is 2. The molecule has 2 unspecified atom stereocenters. The average Bonchev–Trinajstić information content (AvgIpc) is 3.00. The highest BCUT2D eigenvalue weighted by Gasteiger charge is 2.12. The van der Waals surface area contributed by atoms with Crippen molar-refractivity contribution in [3.05, 3.63) is 120 Å². The molecule has 0 fully saturated rings. The van der Waals surface area contributed by atoms with Gasteiger partial charge in [0.25, 0.3) is 0 Å². The van der Waals surface area contributed by atoms with Crippen LogP contribution < -0.4 is 21.6 Å². The number of halogens is 2. The summed E-state index contributed by atoms with van der Waals surface area (Å²) < 4.78 is 54.9. The molecule has 4 rings (SSSR count). The first-order valence-corrected chi connectivity index (χ1v) is 13.8. The summed E-state index contributed by atoms with van der Waals surface area (Å²) in [5.41, 5.74) is 5.01. The molecule has 0 aliphatic heterocycles. The molecule has 0 amide bonds. The second-order valence-corrected chi connectivity index (χ2v) is 9.68. The fourth-order valence-corrected chi connectivity index (χ4v) is 4.05. The molecule has 0 aliphatic carbocycles. The number of rotatable bonds is 18. The third kappa shape index (κ3) is 11.5. The van der Waals surface area contributed by atoms with Crippen molar-refractivity contribution in [1.82, 2.24) is 0 Å². The zero-order chi connectivity index (χ0) is 30.3. The number of hydrogen-bond acceptors (Lipinski definition) is 7. The molecule has 2 radical (unpaired) electrons. The Kier molecular flexibility index (Phi) is 13.0. The molecule has 11 heteroatoms. The fourth-order valence-electron chi connectivity index (χ4n) is 4.05. The molecule has 0 heterocycles. The Labute approximate surface area is 253 Å². The summed E-state index contributed by atoms with van der Waals surface area (Å²) in [5, 5.41) is 6.22. The van der Waals surface area contributed by atoms with E-state index in [1.165, 1.54) is 24.3 Å². The van der Waals surface area contributed by atoms with Gasteiger partial charge < -0.3 is 34.2 Å². The van der Waals surface area contributed by atoms with Crippen LogP contribution in [0.25, 0.3) is 0 Å². The van der Waals surface area contributed by atoms with Crippen LogP contribution in [-0.2, 0) is 36.7 Å². The van der Waals surface area contributed by atoms with E-state index in [2.05, 4.69) is 10.6 Å². The summed E-state index contributed by atoms with van der Waals surface area (Å²) in [4.78, 5) is 0. The Balaban J connectivity index is 1.17. The lowest BCUT2D eigenvalue weighted by atomic mass is 9.87. The number of ether oxygens (including phenoxy) is 3. The second kappa shape index (κ2) is 17.4. The Morgan fingerprint density at radius 2 is 1.02 bits per heavy atom. The van der Waals surface area contributed by atoms with Crippen molar-refractivity contribution in [2.24, 2.45) is 0 Å². The lowest BCUT2D eigenvalue weighted by molar-refractivity contribution is 0.101. The zero-order valence-electron chi connectivity index (χ0n) is 24.2. The van der Waals surface area contributed by atoms with Gasteiger partial charge in [-0.25, -0.2) is 8.78 Å². The zero-order valence-corrected chi connectivity index (χ0v) is 24.2. The van der Waals surface area contributed by atoms with E-state index in [0.29, 0.717) is 24.6 Å². The summed E-state index contributed by atoms with van der Waals surface area (Å²) in [5.74, 6) is -0.652. The highest BCUT2D eigenvalue weighted by Crippen LogP contribution is 2.13. The largest absolute Gasteiger partial charge is 0.414 e. The lowest BCUT2D eigenvalue weighted by Crippen LogP contribution is -2.33. The van der Waals surface area contributed by atoms with Crippen molar-refractivity contribution in [3.63, 3.8) is 0 Å². The molecule has 0 saturated carbocycles. The smallest absolute Gasteiger partial charge is 0.332 e. The van der Waals surface area contributed by atoms with E-state index in [4.69, 9.17) is 23.5 Å². The van der Waals surface area contributed by atoms with E-state index in [0.717, 1.165) is 22.1 Å². The molecule has 2 atom stereocenters. The molecule has 0 bridgehead atoms. The summed E-state index contributed by atoms with van der Waals surface area (Å²) in [6, 6.07) is 28.0. The SMILES string of the molecule is COCC(Nc1cccc(F)c1)O[B]c1ccc(COCc2ccc([B]OC(COC)Nc3cccc(F)c3)cc2)cc1. The monoisotopic (exact) mass is 586 g/mol. The van der Waals surface area contributed by atoms with Crippen LogP contribution >= 0.6 is 0 Å². The van der Waals surface area contributed by atoms with Crippen LogP contribution in [-0.4, -0.2) is 54.9 Å². The van der Waals surface area contributed by atoms with Crippen molar-refractivity contribution >= 4 is 37.3 Å².